The van der Waals surface area contributed by atoms with Gasteiger partial charge in [0.2, 0.25) is 0 Å². The molecular formula is C20H25NO4. The van der Waals surface area contributed by atoms with Gasteiger partial charge in [-0.3, -0.25) is 4.79 Å². The summed E-state index contributed by atoms with van der Waals surface area (Å²) in [4.78, 5) is 10.9. The maximum atomic E-state index is 10.9. The predicted molar refractivity (Wildman–Crippen MR) is 97.5 cm³/mol. The average Bonchev–Trinajstić information content (AvgIpc) is 2.52. The summed E-state index contributed by atoms with van der Waals surface area (Å²) in [5.74, 6) is 0.816. The molecule has 0 unspecified atom stereocenters. The van der Waals surface area contributed by atoms with Gasteiger partial charge >= 0.3 is 5.97 Å². The molecule has 0 spiro atoms. The Hall–Kier alpha value is -2.53. The number of aromatic hydroxyl groups is 1. The Kier molecular flexibility index (Phi) is 5.69. The minimum atomic E-state index is -1.01. The van der Waals surface area contributed by atoms with Gasteiger partial charge in [-0.05, 0) is 61.1 Å². The van der Waals surface area contributed by atoms with Crippen LogP contribution in [0.4, 0.5) is 0 Å². The molecule has 134 valence electrons. The molecule has 0 amide bonds. The van der Waals surface area contributed by atoms with Crippen molar-refractivity contribution in [2.45, 2.75) is 46.1 Å². The highest BCUT2D eigenvalue weighted by atomic mass is 16.5. The second kappa shape index (κ2) is 7.57. The fraction of sp³-hybridized carbons (Fsp3) is 0.350. The van der Waals surface area contributed by atoms with E-state index in [1.807, 2.05) is 45.9 Å². The number of carbonyl (C=O) groups is 1. The number of rotatable bonds is 6. The molecule has 4 N–H and O–H groups in total. The summed E-state index contributed by atoms with van der Waals surface area (Å²) in [6, 6.07) is 8.08. The van der Waals surface area contributed by atoms with Gasteiger partial charge in [-0.15, -0.1) is 0 Å². The summed E-state index contributed by atoms with van der Waals surface area (Å²) in [6.45, 7) is 7.86. The molecule has 0 radical (unpaired) electrons. The Labute approximate surface area is 148 Å². The number of hydrogen-bond donors (Lipinski definition) is 3. The van der Waals surface area contributed by atoms with Crippen LogP contribution >= 0.6 is 0 Å². The first-order valence-corrected chi connectivity index (χ1v) is 8.28. The molecule has 0 aromatic heterocycles. The molecule has 0 saturated carbocycles. The highest BCUT2D eigenvalue weighted by molar-refractivity contribution is 5.73. The summed E-state index contributed by atoms with van der Waals surface area (Å²) < 4.78 is 6.03. The molecule has 0 fully saturated rings. The number of aliphatic carboxylic acids is 1. The van der Waals surface area contributed by atoms with Crippen molar-refractivity contribution in [3.8, 4) is 17.2 Å². The number of aryl methyl sites for hydroxylation is 2. The zero-order valence-electron chi connectivity index (χ0n) is 15.0. The molecule has 0 aliphatic rings. The first-order valence-electron chi connectivity index (χ1n) is 8.28. The minimum absolute atomic E-state index is 0.186. The molecule has 1 atom stereocenters. The summed E-state index contributed by atoms with van der Waals surface area (Å²) in [5.41, 5.74) is 9.13. The van der Waals surface area contributed by atoms with E-state index < -0.39 is 12.0 Å². The van der Waals surface area contributed by atoms with E-state index in [4.69, 9.17) is 15.6 Å². The Balaban J connectivity index is 2.29. The fourth-order valence-electron chi connectivity index (χ4n) is 2.84. The molecule has 5 heteroatoms. The molecule has 0 aliphatic carbocycles. The number of ether oxygens (including phenoxy) is 1. The van der Waals surface area contributed by atoms with E-state index in [2.05, 4.69) is 0 Å². The van der Waals surface area contributed by atoms with Crippen LogP contribution in [-0.2, 0) is 11.2 Å². The molecule has 0 heterocycles. The van der Waals surface area contributed by atoms with Crippen molar-refractivity contribution < 1.29 is 19.7 Å². The number of nitrogens with two attached hydrogens (primary N) is 1. The van der Waals surface area contributed by atoms with Crippen LogP contribution in [0.25, 0.3) is 0 Å². The standard InChI is InChI=1S/C20H25NO4/c1-11(2)16-10-15(5-6-18(16)22)25-19-12(3)7-14(8-13(19)4)9-17(21)20(23)24/h5-8,10-11,17,22H,9,21H2,1-4H3,(H,23,24)/t17-/m1/s1. The second-order valence-electron chi connectivity index (χ2n) is 6.68. The average molecular weight is 343 g/mol. The van der Waals surface area contributed by atoms with Gasteiger partial charge in [0.15, 0.2) is 0 Å². The molecule has 0 saturated heterocycles. The van der Waals surface area contributed by atoms with Crippen LogP contribution in [0.5, 0.6) is 17.2 Å². The van der Waals surface area contributed by atoms with Crippen molar-refractivity contribution in [1.29, 1.82) is 0 Å². The molecule has 2 aromatic carbocycles. The maximum absolute atomic E-state index is 10.9. The van der Waals surface area contributed by atoms with E-state index in [-0.39, 0.29) is 18.1 Å². The molecular weight excluding hydrogens is 318 g/mol. The highest BCUT2D eigenvalue weighted by Crippen LogP contribution is 2.34. The van der Waals surface area contributed by atoms with Crippen LogP contribution in [0.3, 0.4) is 0 Å². The second-order valence-corrected chi connectivity index (χ2v) is 6.68. The van der Waals surface area contributed by atoms with E-state index in [1.165, 1.54) is 0 Å². The SMILES string of the molecule is Cc1cc(C[C@@H](N)C(=O)O)cc(C)c1Oc1ccc(O)c(C(C)C)c1. The Morgan fingerprint density at radius 3 is 2.28 bits per heavy atom. The zero-order valence-corrected chi connectivity index (χ0v) is 15.0. The van der Waals surface area contributed by atoms with Crippen molar-refractivity contribution in [2.24, 2.45) is 5.73 Å². The molecule has 0 aliphatic heterocycles. The molecule has 0 bridgehead atoms. The van der Waals surface area contributed by atoms with Crippen molar-refractivity contribution >= 4 is 5.97 Å². The van der Waals surface area contributed by atoms with Gasteiger partial charge in [0, 0.05) is 5.56 Å². The van der Waals surface area contributed by atoms with Gasteiger partial charge in [-0.1, -0.05) is 26.0 Å². The van der Waals surface area contributed by atoms with Crippen molar-refractivity contribution in [3.63, 3.8) is 0 Å². The van der Waals surface area contributed by atoms with Crippen molar-refractivity contribution in [2.75, 3.05) is 0 Å². The minimum Gasteiger partial charge on any atom is -0.508 e. The topological polar surface area (TPSA) is 92.8 Å². The van der Waals surface area contributed by atoms with E-state index in [1.54, 1.807) is 12.1 Å². The Morgan fingerprint density at radius 2 is 1.76 bits per heavy atom. The Morgan fingerprint density at radius 1 is 1.16 bits per heavy atom. The molecule has 25 heavy (non-hydrogen) atoms. The summed E-state index contributed by atoms with van der Waals surface area (Å²) in [6.07, 6.45) is 0.272. The number of hydrogen-bond acceptors (Lipinski definition) is 4. The van der Waals surface area contributed by atoms with Gasteiger partial charge in [0.25, 0.3) is 0 Å². The van der Waals surface area contributed by atoms with Crippen LogP contribution in [0.15, 0.2) is 30.3 Å². The number of phenols is 1. The fourth-order valence-corrected chi connectivity index (χ4v) is 2.84. The zero-order chi connectivity index (χ0) is 18.7. The normalized spacial score (nSPS) is 12.2. The molecule has 2 rings (SSSR count). The Bertz CT molecular complexity index is 760. The van der Waals surface area contributed by atoms with Gasteiger partial charge in [0.05, 0.1) is 0 Å². The van der Waals surface area contributed by atoms with E-state index in [0.717, 1.165) is 28.0 Å². The third-order valence-electron chi connectivity index (χ3n) is 4.13. The van der Waals surface area contributed by atoms with E-state index >= 15 is 0 Å². The third kappa shape index (κ3) is 4.51. The largest absolute Gasteiger partial charge is 0.508 e. The smallest absolute Gasteiger partial charge is 0.320 e. The first-order chi connectivity index (χ1) is 11.7. The monoisotopic (exact) mass is 343 g/mol. The molecule has 5 nitrogen and oxygen atoms in total. The van der Waals surface area contributed by atoms with Crippen LogP contribution in [-0.4, -0.2) is 22.2 Å². The number of phenolic OH excluding ortho intramolecular Hbond substituents is 1. The van der Waals surface area contributed by atoms with Gasteiger partial charge in [-0.2, -0.15) is 0 Å². The predicted octanol–water partition coefficient (Wildman–Crippen LogP) is 3.88. The van der Waals surface area contributed by atoms with E-state index in [0.29, 0.717) is 5.75 Å². The van der Waals surface area contributed by atoms with Crippen LogP contribution in [0, 0.1) is 13.8 Å². The number of carboxylic acids is 1. The lowest BCUT2D eigenvalue weighted by Gasteiger charge is -2.16. The van der Waals surface area contributed by atoms with Gasteiger partial charge in [0.1, 0.15) is 23.3 Å². The van der Waals surface area contributed by atoms with Crippen molar-refractivity contribution in [1.82, 2.24) is 0 Å². The lowest BCUT2D eigenvalue weighted by molar-refractivity contribution is -0.138. The highest BCUT2D eigenvalue weighted by Gasteiger charge is 2.15. The third-order valence-corrected chi connectivity index (χ3v) is 4.13. The van der Waals surface area contributed by atoms with Crippen LogP contribution in [0.2, 0.25) is 0 Å². The van der Waals surface area contributed by atoms with Crippen molar-refractivity contribution in [3.05, 3.63) is 52.6 Å². The first kappa shape index (κ1) is 18.8. The van der Waals surface area contributed by atoms with E-state index in [9.17, 15) is 9.90 Å². The van der Waals surface area contributed by atoms with Gasteiger partial charge < -0.3 is 20.7 Å². The number of carboxylic acid groups (broad SMARTS) is 1. The number of benzene rings is 2. The van der Waals surface area contributed by atoms with Gasteiger partial charge in [-0.25, -0.2) is 0 Å². The lowest BCUT2D eigenvalue weighted by atomic mass is 10.00. The van der Waals surface area contributed by atoms with Crippen LogP contribution in [0.1, 0.15) is 42.0 Å². The lowest BCUT2D eigenvalue weighted by Crippen LogP contribution is -2.32. The summed E-state index contributed by atoms with van der Waals surface area (Å²) >= 11 is 0. The maximum Gasteiger partial charge on any atom is 0.320 e. The summed E-state index contributed by atoms with van der Waals surface area (Å²) in [7, 11) is 0. The quantitative estimate of drug-likeness (QED) is 0.740. The van der Waals surface area contributed by atoms with Crippen LogP contribution < -0.4 is 10.5 Å². The molecule has 2 aromatic rings. The summed E-state index contributed by atoms with van der Waals surface area (Å²) in [5, 5.41) is 18.9.